The number of nitrogens with zero attached hydrogens (tertiary/aromatic N) is 3. The average molecular weight is 445 g/mol. The molecule has 31 heavy (non-hydrogen) atoms. The molecule has 0 bridgehead atoms. The molecule has 162 valence electrons. The zero-order chi connectivity index (χ0) is 22.2. The smallest absolute Gasteiger partial charge is 0.296 e. The van der Waals surface area contributed by atoms with Gasteiger partial charge in [-0.05, 0) is 31.5 Å². The topological polar surface area (TPSA) is 118 Å². The van der Waals surface area contributed by atoms with Crippen molar-refractivity contribution < 1.29 is 19.0 Å². The van der Waals surface area contributed by atoms with Crippen molar-refractivity contribution in [2.45, 2.75) is 32.5 Å². The highest BCUT2D eigenvalue weighted by molar-refractivity contribution is 7.13. The molecular formula is C20H20FN5O4S. The minimum absolute atomic E-state index is 0.00620. The van der Waals surface area contributed by atoms with Gasteiger partial charge in [-0.15, -0.1) is 11.3 Å². The van der Waals surface area contributed by atoms with Gasteiger partial charge in [0.15, 0.2) is 10.8 Å². The van der Waals surface area contributed by atoms with E-state index in [9.17, 15) is 19.1 Å². The molecule has 0 aliphatic carbocycles. The summed E-state index contributed by atoms with van der Waals surface area (Å²) >= 11 is 1.35. The fraction of sp³-hybridized carbons (Fsp3) is 0.300. The van der Waals surface area contributed by atoms with Crippen LogP contribution in [0, 0.1) is 5.82 Å². The van der Waals surface area contributed by atoms with Crippen LogP contribution in [0.4, 0.5) is 15.2 Å². The third-order valence-corrected chi connectivity index (χ3v) is 5.55. The number of aromatic hydroxyl groups is 1. The van der Waals surface area contributed by atoms with Gasteiger partial charge < -0.3 is 20.5 Å². The highest BCUT2D eigenvalue weighted by atomic mass is 32.1. The van der Waals surface area contributed by atoms with Crippen molar-refractivity contribution in [3.63, 3.8) is 0 Å². The van der Waals surface area contributed by atoms with Crippen LogP contribution in [0.25, 0.3) is 0 Å². The summed E-state index contributed by atoms with van der Waals surface area (Å²) in [6, 6.07) is 4.09. The van der Waals surface area contributed by atoms with E-state index in [0.29, 0.717) is 23.0 Å². The molecule has 3 N–H and O–H groups in total. The van der Waals surface area contributed by atoms with E-state index >= 15 is 0 Å². The van der Waals surface area contributed by atoms with Gasteiger partial charge in [-0.25, -0.2) is 14.4 Å². The van der Waals surface area contributed by atoms with Crippen LogP contribution in [0.1, 0.15) is 35.7 Å². The molecule has 1 aromatic carbocycles. The Kier molecular flexibility index (Phi) is 5.46. The molecule has 3 heterocycles. The fourth-order valence-corrected chi connectivity index (χ4v) is 3.85. The van der Waals surface area contributed by atoms with E-state index in [4.69, 9.17) is 4.74 Å². The number of hydrogen-bond acceptors (Lipinski definition) is 8. The Balaban J connectivity index is 1.59. The number of amides is 1. The summed E-state index contributed by atoms with van der Waals surface area (Å²) in [4.78, 5) is 33.6. The van der Waals surface area contributed by atoms with E-state index in [0.717, 1.165) is 0 Å². The molecule has 0 unspecified atom stereocenters. The first kappa shape index (κ1) is 20.9. The number of aromatic nitrogens is 3. The number of anilines is 2. The normalized spacial score (nSPS) is 14.7. The van der Waals surface area contributed by atoms with Crippen molar-refractivity contribution in [2.24, 2.45) is 0 Å². The number of thiazole rings is 1. The minimum atomic E-state index is -0.887. The third kappa shape index (κ3) is 4.14. The Labute approximate surface area is 180 Å². The van der Waals surface area contributed by atoms with E-state index in [2.05, 4.69) is 20.6 Å². The van der Waals surface area contributed by atoms with Gasteiger partial charge in [0.1, 0.15) is 17.2 Å². The van der Waals surface area contributed by atoms with Crippen LogP contribution >= 0.6 is 11.3 Å². The summed E-state index contributed by atoms with van der Waals surface area (Å²) in [5.41, 5.74) is -0.942. The maximum Gasteiger partial charge on any atom is 0.296 e. The third-order valence-electron chi connectivity index (χ3n) is 4.86. The second-order valence-corrected chi connectivity index (χ2v) is 8.29. The number of ether oxygens (including phenoxy) is 1. The number of carbonyl (C=O) groups is 1. The predicted molar refractivity (Wildman–Crippen MR) is 112 cm³/mol. The second kappa shape index (κ2) is 8.08. The number of fused-ring (bicyclic) bond motifs is 1. The van der Waals surface area contributed by atoms with Gasteiger partial charge in [0, 0.05) is 23.8 Å². The number of nitrogens with one attached hydrogen (secondary N) is 2. The second-order valence-electron chi connectivity index (χ2n) is 7.39. The molecule has 2 aromatic heterocycles. The largest absolute Gasteiger partial charge is 0.501 e. The van der Waals surface area contributed by atoms with Gasteiger partial charge in [0.25, 0.3) is 11.5 Å². The molecule has 1 aliphatic rings. The van der Waals surface area contributed by atoms with Crippen molar-refractivity contribution in [3.8, 4) is 5.75 Å². The maximum atomic E-state index is 13.7. The Morgan fingerprint density at radius 3 is 2.97 bits per heavy atom. The first-order chi connectivity index (χ1) is 14.8. The molecule has 0 radical (unpaired) electrons. The van der Waals surface area contributed by atoms with Crippen molar-refractivity contribution in [2.75, 3.05) is 11.9 Å². The van der Waals surface area contributed by atoms with Crippen LogP contribution in [0.5, 0.6) is 5.75 Å². The zero-order valence-corrected chi connectivity index (χ0v) is 17.6. The van der Waals surface area contributed by atoms with Gasteiger partial charge in [0.2, 0.25) is 5.75 Å². The van der Waals surface area contributed by atoms with Gasteiger partial charge in [-0.1, -0.05) is 6.07 Å². The van der Waals surface area contributed by atoms with Crippen molar-refractivity contribution >= 4 is 28.1 Å². The number of carbonyl (C=O) groups excluding carboxylic acids is 1. The van der Waals surface area contributed by atoms with Crippen molar-refractivity contribution in [1.82, 2.24) is 19.9 Å². The lowest BCUT2D eigenvalue weighted by molar-refractivity contribution is -0.0566. The van der Waals surface area contributed by atoms with E-state index in [-0.39, 0.29) is 24.6 Å². The van der Waals surface area contributed by atoms with Crippen LogP contribution in [0.2, 0.25) is 0 Å². The fourth-order valence-electron chi connectivity index (χ4n) is 3.31. The Bertz CT molecular complexity index is 1190. The van der Waals surface area contributed by atoms with Gasteiger partial charge >= 0.3 is 0 Å². The zero-order valence-electron chi connectivity index (χ0n) is 16.8. The summed E-state index contributed by atoms with van der Waals surface area (Å²) in [7, 11) is 0. The number of benzene rings is 1. The van der Waals surface area contributed by atoms with E-state index in [1.54, 1.807) is 25.4 Å². The Hall–Kier alpha value is -3.31. The van der Waals surface area contributed by atoms with E-state index < -0.39 is 28.6 Å². The quantitative estimate of drug-likeness (QED) is 0.552. The van der Waals surface area contributed by atoms with E-state index in [1.165, 1.54) is 34.1 Å². The molecule has 0 fully saturated rings. The molecule has 0 saturated carbocycles. The Morgan fingerprint density at radius 2 is 2.23 bits per heavy atom. The molecule has 4 rings (SSSR count). The van der Waals surface area contributed by atoms with Crippen LogP contribution in [0.3, 0.4) is 0 Å². The molecule has 0 saturated heterocycles. The summed E-state index contributed by atoms with van der Waals surface area (Å²) < 4.78 is 20.7. The summed E-state index contributed by atoms with van der Waals surface area (Å²) in [6.45, 7) is 4.01. The minimum Gasteiger partial charge on any atom is -0.501 e. The first-order valence-corrected chi connectivity index (χ1v) is 10.4. The first-order valence-electron chi connectivity index (χ1n) is 9.47. The standard InChI is InChI=1S/C20H20FN5O4S/c1-20(2)18-25-14(15(27)17(29)26(18)6-7-30-20)16(28)23-10-11-3-4-12(21)9-13(11)24-19-22-5-8-31-19/h3-5,8-9,27H,6-7,10H2,1-2H3,(H,22,24)(H,23,28). The molecule has 0 atom stereocenters. The molecule has 3 aromatic rings. The van der Waals surface area contributed by atoms with E-state index in [1.807, 2.05) is 0 Å². The van der Waals surface area contributed by atoms with Gasteiger partial charge in [-0.2, -0.15) is 0 Å². The van der Waals surface area contributed by atoms with Crippen LogP contribution in [-0.2, 0) is 23.4 Å². The van der Waals surface area contributed by atoms with Gasteiger partial charge in [-0.3, -0.25) is 14.2 Å². The van der Waals surface area contributed by atoms with Gasteiger partial charge in [0.05, 0.1) is 13.2 Å². The lowest BCUT2D eigenvalue weighted by atomic mass is 10.1. The SMILES string of the molecule is CC1(C)OCCn2c1nc(C(=O)NCc1ccc(F)cc1Nc1nccs1)c(O)c2=O. The molecule has 11 heteroatoms. The van der Waals surface area contributed by atoms with Crippen LogP contribution in [0.15, 0.2) is 34.6 Å². The number of halogens is 1. The molecule has 1 amide bonds. The van der Waals surface area contributed by atoms with Crippen molar-refractivity contribution in [3.05, 3.63) is 63.0 Å². The monoisotopic (exact) mass is 445 g/mol. The predicted octanol–water partition coefficient (Wildman–Crippen LogP) is 2.48. The molecular weight excluding hydrogens is 425 g/mol. The molecule has 0 spiro atoms. The van der Waals surface area contributed by atoms with Crippen LogP contribution in [-0.4, -0.2) is 32.2 Å². The van der Waals surface area contributed by atoms with Crippen LogP contribution < -0.4 is 16.2 Å². The maximum absolute atomic E-state index is 13.7. The lowest BCUT2D eigenvalue weighted by Crippen LogP contribution is -2.42. The number of hydrogen-bond donors (Lipinski definition) is 3. The summed E-state index contributed by atoms with van der Waals surface area (Å²) in [5, 5.41) is 18.3. The molecule has 1 aliphatic heterocycles. The lowest BCUT2D eigenvalue weighted by Gasteiger charge is -2.32. The summed E-state index contributed by atoms with van der Waals surface area (Å²) in [6.07, 6.45) is 1.61. The van der Waals surface area contributed by atoms with Crippen molar-refractivity contribution in [1.29, 1.82) is 0 Å². The number of rotatable bonds is 5. The highest BCUT2D eigenvalue weighted by Gasteiger charge is 2.34. The highest BCUT2D eigenvalue weighted by Crippen LogP contribution is 2.28. The molecule has 9 nitrogen and oxygen atoms in total. The average Bonchev–Trinajstić information content (AvgIpc) is 3.23. The summed E-state index contributed by atoms with van der Waals surface area (Å²) in [5.74, 6) is -1.64. The Morgan fingerprint density at radius 1 is 1.42 bits per heavy atom.